The Morgan fingerprint density at radius 3 is 1.39 bits per heavy atom. The average Bonchev–Trinajstić information content (AvgIpc) is 3.75. The molecule has 8 rings (SSSR count). The highest BCUT2D eigenvalue weighted by Gasteiger charge is 2.40. The molecule has 0 aliphatic rings. The summed E-state index contributed by atoms with van der Waals surface area (Å²) in [6, 6.07) is 27.6. The first-order valence-corrected chi connectivity index (χ1v) is 16.7. The quantitative estimate of drug-likeness (QED) is 0.160. The third-order valence-electron chi connectivity index (χ3n) is 7.77. The van der Waals surface area contributed by atoms with Crippen molar-refractivity contribution in [2.24, 2.45) is 0 Å². The first kappa shape index (κ1) is 36.0. The van der Waals surface area contributed by atoms with Gasteiger partial charge in [-0.15, -0.1) is 0 Å². The average molecular weight is 804 g/mol. The SMILES string of the molecule is Cc1ccc(Nc2ccnc(-c3c(C(F)(F)F)nc4ccccn34)n2)cc1.FC(F)(F)c1nc2ccccn2c1-c1nccc(Nc2ccc(Br)cc2)n1. The number of benzene rings is 2. The lowest BCUT2D eigenvalue weighted by Gasteiger charge is -2.09. The normalized spacial score (nSPS) is 11.7. The monoisotopic (exact) mass is 802 g/mol. The van der Waals surface area contributed by atoms with Gasteiger partial charge in [-0.25, -0.2) is 29.9 Å². The van der Waals surface area contributed by atoms with Crippen molar-refractivity contribution in [1.29, 1.82) is 0 Å². The molecule has 54 heavy (non-hydrogen) atoms. The predicted octanol–water partition coefficient (Wildman–Crippen LogP) is 10.2. The Labute approximate surface area is 310 Å². The molecule has 2 aromatic carbocycles. The maximum Gasteiger partial charge on any atom is 0.435 e. The molecule has 2 N–H and O–H groups in total. The van der Waals surface area contributed by atoms with Crippen molar-refractivity contribution in [1.82, 2.24) is 38.7 Å². The summed E-state index contributed by atoms with van der Waals surface area (Å²) in [5, 5.41) is 6.13. The summed E-state index contributed by atoms with van der Waals surface area (Å²) in [4.78, 5) is 24.1. The van der Waals surface area contributed by atoms with E-state index in [0.717, 1.165) is 21.4 Å². The van der Waals surface area contributed by atoms with Crippen molar-refractivity contribution < 1.29 is 26.3 Å². The van der Waals surface area contributed by atoms with Gasteiger partial charge in [0.05, 0.1) is 0 Å². The van der Waals surface area contributed by atoms with Crippen LogP contribution >= 0.6 is 15.9 Å². The van der Waals surface area contributed by atoms with Crippen LogP contribution in [0.1, 0.15) is 17.0 Å². The Morgan fingerprint density at radius 2 is 0.963 bits per heavy atom. The molecule has 0 unspecified atom stereocenters. The maximum absolute atomic E-state index is 13.5. The molecule has 0 radical (unpaired) electrons. The number of anilines is 4. The fourth-order valence-corrected chi connectivity index (χ4v) is 5.63. The molecule has 6 heterocycles. The second-order valence-electron chi connectivity index (χ2n) is 11.6. The first-order valence-electron chi connectivity index (χ1n) is 16.0. The Hall–Kier alpha value is -6.36. The topological polar surface area (TPSA) is 110 Å². The van der Waals surface area contributed by atoms with Crippen LogP contribution in [0.5, 0.6) is 0 Å². The molecule has 10 nitrogen and oxygen atoms in total. The zero-order valence-corrected chi connectivity index (χ0v) is 29.4. The Kier molecular flexibility index (Phi) is 9.72. The second kappa shape index (κ2) is 14.6. The van der Waals surface area contributed by atoms with E-state index in [9.17, 15) is 26.3 Å². The van der Waals surface area contributed by atoms with Crippen LogP contribution in [0.25, 0.3) is 34.3 Å². The predicted molar refractivity (Wildman–Crippen MR) is 194 cm³/mol. The van der Waals surface area contributed by atoms with Crippen LogP contribution in [0.15, 0.2) is 126 Å². The van der Waals surface area contributed by atoms with Crippen molar-refractivity contribution in [2.45, 2.75) is 19.3 Å². The molecule has 8 aromatic rings. The summed E-state index contributed by atoms with van der Waals surface area (Å²) in [6.07, 6.45) is -3.40. The summed E-state index contributed by atoms with van der Waals surface area (Å²) in [5.74, 6) is 0.644. The maximum atomic E-state index is 13.5. The number of halogens is 7. The van der Waals surface area contributed by atoms with Gasteiger partial charge in [-0.05, 0) is 79.7 Å². The van der Waals surface area contributed by atoms with Crippen LogP contribution in [-0.4, -0.2) is 38.7 Å². The molecule has 0 amide bonds. The van der Waals surface area contributed by atoms with Crippen LogP contribution in [0.4, 0.5) is 49.4 Å². The fourth-order valence-electron chi connectivity index (χ4n) is 5.36. The van der Waals surface area contributed by atoms with Crippen LogP contribution in [0.3, 0.4) is 0 Å². The van der Waals surface area contributed by atoms with Gasteiger partial charge < -0.3 is 10.6 Å². The van der Waals surface area contributed by atoms with Gasteiger partial charge in [-0.3, -0.25) is 8.80 Å². The van der Waals surface area contributed by atoms with E-state index in [1.807, 2.05) is 55.5 Å². The van der Waals surface area contributed by atoms with Gasteiger partial charge in [0.15, 0.2) is 23.0 Å². The van der Waals surface area contributed by atoms with Crippen LogP contribution < -0.4 is 10.6 Å². The third kappa shape index (κ3) is 7.85. The van der Waals surface area contributed by atoms with Crippen molar-refractivity contribution >= 4 is 50.2 Å². The molecule has 0 atom stereocenters. The molecule has 0 aliphatic heterocycles. The summed E-state index contributed by atoms with van der Waals surface area (Å²) in [5.41, 5.74) is 0.565. The van der Waals surface area contributed by atoms with Crippen molar-refractivity contribution in [3.05, 3.63) is 143 Å². The van der Waals surface area contributed by atoms with Gasteiger partial charge in [0, 0.05) is 40.6 Å². The molecule has 6 aromatic heterocycles. The summed E-state index contributed by atoms with van der Waals surface area (Å²) in [6.45, 7) is 1.97. The number of nitrogens with zero attached hydrogens (tertiary/aromatic N) is 8. The number of nitrogens with one attached hydrogen (secondary N) is 2. The highest BCUT2D eigenvalue weighted by atomic mass is 79.9. The summed E-state index contributed by atoms with van der Waals surface area (Å²) >= 11 is 3.35. The molecule has 0 bridgehead atoms. The van der Waals surface area contributed by atoms with Gasteiger partial charge in [0.25, 0.3) is 0 Å². The first-order chi connectivity index (χ1) is 25.8. The number of fused-ring (bicyclic) bond motifs is 2. The number of imidazole rings is 2. The highest BCUT2D eigenvalue weighted by molar-refractivity contribution is 9.10. The van der Waals surface area contributed by atoms with Gasteiger partial charge >= 0.3 is 12.4 Å². The lowest BCUT2D eigenvalue weighted by Crippen LogP contribution is -2.09. The molecular formula is C37H25BrF6N10. The molecule has 17 heteroatoms. The molecular weight excluding hydrogens is 778 g/mol. The number of hydrogen-bond acceptors (Lipinski definition) is 8. The second-order valence-corrected chi connectivity index (χ2v) is 12.5. The van der Waals surface area contributed by atoms with Crippen molar-refractivity contribution in [3.8, 4) is 23.0 Å². The Balaban J connectivity index is 0.000000167. The number of hydrogen-bond donors (Lipinski definition) is 2. The number of rotatable bonds is 6. The fraction of sp³-hybridized carbons (Fsp3) is 0.0811. The van der Waals surface area contributed by atoms with E-state index < -0.39 is 23.7 Å². The van der Waals surface area contributed by atoms with Gasteiger partial charge in [0.2, 0.25) is 0 Å². The van der Waals surface area contributed by atoms with E-state index in [0.29, 0.717) is 11.6 Å². The largest absolute Gasteiger partial charge is 0.435 e. The zero-order valence-electron chi connectivity index (χ0n) is 27.8. The van der Waals surface area contributed by atoms with E-state index in [1.165, 1.54) is 45.7 Å². The van der Waals surface area contributed by atoms with Gasteiger partial charge in [-0.1, -0.05) is 45.8 Å². The molecule has 0 saturated carbocycles. The van der Waals surface area contributed by atoms with E-state index in [2.05, 4.69) is 56.5 Å². The van der Waals surface area contributed by atoms with E-state index >= 15 is 0 Å². The Bertz CT molecular complexity index is 2390. The third-order valence-corrected chi connectivity index (χ3v) is 8.30. The highest BCUT2D eigenvalue weighted by Crippen LogP contribution is 2.37. The molecule has 0 fully saturated rings. The minimum absolute atomic E-state index is 0.0573. The zero-order chi connectivity index (χ0) is 38.0. The Morgan fingerprint density at radius 1 is 0.537 bits per heavy atom. The standard InChI is InChI=1S/C19H14F3N5.C18H11BrF3N5/c1-12-5-7-13(8-6-12)24-14-9-10-23-18(25-14)16-17(19(20,21)22)26-15-4-2-3-11-27(15)16;19-11-4-6-12(7-5-11)24-13-8-9-23-17(25-13)15-16(18(20,21)22)26-14-3-1-2-10-27(14)15/h2-11H,1H3,(H,23,24,25);1-10H,(H,23,24,25). The van der Waals surface area contributed by atoms with Gasteiger partial charge in [-0.2, -0.15) is 26.3 Å². The van der Waals surface area contributed by atoms with Gasteiger partial charge in [0.1, 0.15) is 34.3 Å². The lowest BCUT2D eigenvalue weighted by molar-refractivity contribution is -0.141. The summed E-state index contributed by atoms with van der Waals surface area (Å²) in [7, 11) is 0. The minimum atomic E-state index is -4.63. The van der Waals surface area contributed by atoms with E-state index in [-0.39, 0.29) is 34.3 Å². The molecule has 0 aliphatic carbocycles. The smallest absolute Gasteiger partial charge is 0.340 e. The van der Waals surface area contributed by atoms with E-state index in [4.69, 9.17) is 0 Å². The van der Waals surface area contributed by atoms with Crippen molar-refractivity contribution in [2.75, 3.05) is 10.6 Å². The van der Waals surface area contributed by atoms with E-state index in [1.54, 1.807) is 36.4 Å². The number of aromatic nitrogens is 8. The number of alkyl halides is 6. The lowest BCUT2D eigenvalue weighted by atomic mass is 10.2. The summed E-state index contributed by atoms with van der Waals surface area (Å²) < 4.78 is 84.6. The van der Waals surface area contributed by atoms with Crippen LogP contribution in [-0.2, 0) is 12.4 Å². The minimum Gasteiger partial charge on any atom is -0.340 e. The van der Waals surface area contributed by atoms with Crippen molar-refractivity contribution in [3.63, 3.8) is 0 Å². The van der Waals surface area contributed by atoms with Crippen LogP contribution in [0, 0.1) is 6.92 Å². The van der Waals surface area contributed by atoms with Crippen LogP contribution in [0.2, 0.25) is 0 Å². The number of aryl methyl sites for hydroxylation is 1. The molecule has 272 valence electrons. The number of pyridine rings is 2. The molecule has 0 saturated heterocycles. The molecule has 0 spiro atoms.